The van der Waals surface area contributed by atoms with Gasteiger partial charge in [-0.1, -0.05) is 24.3 Å². The number of halogens is 3. The molecule has 2 rings (SSSR count). The van der Waals surface area contributed by atoms with E-state index in [2.05, 4.69) is 10.4 Å². The van der Waals surface area contributed by atoms with E-state index in [9.17, 15) is 13.2 Å². The van der Waals surface area contributed by atoms with E-state index in [-0.39, 0.29) is 11.4 Å². The minimum atomic E-state index is -4.47. The molecule has 7 heteroatoms. The summed E-state index contributed by atoms with van der Waals surface area (Å²) in [4.78, 5) is 3.98. The van der Waals surface area contributed by atoms with Crippen molar-refractivity contribution in [3.05, 3.63) is 59.3 Å². The van der Waals surface area contributed by atoms with Gasteiger partial charge in [0.2, 0.25) is 5.88 Å². The molecule has 3 N–H and O–H groups in total. The van der Waals surface area contributed by atoms with E-state index < -0.39 is 17.8 Å². The molecule has 1 atom stereocenters. The fraction of sp³-hybridized carbons (Fsp3) is 0.214. The molecule has 1 aromatic carbocycles. The molecule has 4 nitrogen and oxygen atoms in total. The molecule has 0 radical (unpaired) electrons. The molecule has 1 heterocycles. The van der Waals surface area contributed by atoms with E-state index >= 15 is 0 Å². The Kier molecular flexibility index (Phi) is 4.44. The van der Waals surface area contributed by atoms with Crippen LogP contribution < -0.4 is 16.0 Å². The maximum Gasteiger partial charge on any atom is 0.416 e. The predicted octanol–water partition coefficient (Wildman–Crippen LogP) is 2.66. The van der Waals surface area contributed by atoms with Crippen LogP contribution in [0.25, 0.3) is 0 Å². The van der Waals surface area contributed by atoms with Crippen LogP contribution in [0.5, 0.6) is 5.88 Å². The molecule has 0 saturated heterocycles. The highest BCUT2D eigenvalue weighted by Crippen LogP contribution is 2.37. The zero-order valence-electron chi connectivity index (χ0n) is 11.2. The van der Waals surface area contributed by atoms with Crippen LogP contribution in [0.4, 0.5) is 13.2 Å². The van der Waals surface area contributed by atoms with Crippen molar-refractivity contribution < 1.29 is 17.9 Å². The highest BCUT2D eigenvalue weighted by molar-refractivity contribution is 5.42. The topological polar surface area (TPSA) is 60.2 Å². The molecule has 21 heavy (non-hydrogen) atoms. The number of nitrogens with one attached hydrogen (secondary N) is 1. The van der Waals surface area contributed by atoms with Crippen LogP contribution in [0.2, 0.25) is 0 Å². The highest BCUT2D eigenvalue weighted by Gasteiger charge is 2.35. The molecule has 0 aliphatic carbocycles. The minimum Gasteiger partial charge on any atom is -0.481 e. The van der Waals surface area contributed by atoms with Crippen molar-refractivity contribution in [2.24, 2.45) is 5.84 Å². The van der Waals surface area contributed by atoms with Gasteiger partial charge < -0.3 is 4.74 Å². The maximum atomic E-state index is 13.1. The monoisotopic (exact) mass is 297 g/mol. The molecule has 0 aliphatic heterocycles. The molecule has 0 amide bonds. The SMILES string of the molecule is COc1ncccc1C(NN)c1ccccc1C(F)(F)F. The summed E-state index contributed by atoms with van der Waals surface area (Å²) in [5.41, 5.74) is 2.09. The van der Waals surface area contributed by atoms with E-state index in [0.29, 0.717) is 5.56 Å². The van der Waals surface area contributed by atoms with Gasteiger partial charge in [-0.15, -0.1) is 0 Å². The van der Waals surface area contributed by atoms with Crippen LogP contribution in [0.15, 0.2) is 42.6 Å². The fourth-order valence-corrected chi connectivity index (χ4v) is 2.15. The molecule has 0 fully saturated rings. The first kappa shape index (κ1) is 15.3. The first-order chi connectivity index (χ1) is 9.99. The quantitative estimate of drug-likeness (QED) is 0.673. The Labute approximate surface area is 119 Å². The van der Waals surface area contributed by atoms with E-state index in [1.807, 2.05) is 0 Å². The Morgan fingerprint density at radius 3 is 2.43 bits per heavy atom. The molecule has 112 valence electrons. The number of nitrogens with two attached hydrogens (primary N) is 1. The molecule has 0 bridgehead atoms. The number of nitrogens with zero attached hydrogens (tertiary/aromatic N) is 1. The van der Waals surface area contributed by atoms with Crippen LogP contribution in [0.1, 0.15) is 22.7 Å². The van der Waals surface area contributed by atoms with Crippen molar-refractivity contribution in [1.82, 2.24) is 10.4 Å². The van der Waals surface area contributed by atoms with E-state index in [0.717, 1.165) is 6.07 Å². The first-order valence-electron chi connectivity index (χ1n) is 6.10. The smallest absolute Gasteiger partial charge is 0.416 e. The molecule has 0 saturated carbocycles. The second-order valence-electron chi connectivity index (χ2n) is 4.29. The molecule has 0 aliphatic rings. The van der Waals surface area contributed by atoms with E-state index in [1.54, 1.807) is 12.1 Å². The maximum absolute atomic E-state index is 13.1. The van der Waals surface area contributed by atoms with Crippen molar-refractivity contribution in [2.75, 3.05) is 7.11 Å². The average molecular weight is 297 g/mol. The number of hydrogen-bond acceptors (Lipinski definition) is 4. The molecular formula is C14H14F3N3O. The van der Waals surface area contributed by atoms with Gasteiger partial charge in [-0.2, -0.15) is 13.2 Å². The van der Waals surface area contributed by atoms with Crippen LogP contribution in [-0.4, -0.2) is 12.1 Å². The third-order valence-electron chi connectivity index (χ3n) is 3.05. The molecule has 1 unspecified atom stereocenters. The summed E-state index contributed by atoms with van der Waals surface area (Å²) in [6.07, 6.45) is -2.98. The normalized spacial score (nSPS) is 13.0. The van der Waals surface area contributed by atoms with Gasteiger partial charge in [-0.05, 0) is 17.7 Å². The first-order valence-corrected chi connectivity index (χ1v) is 6.10. The Balaban J connectivity index is 2.58. The summed E-state index contributed by atoms with van der Waals surface area (Å²) < 4.78 is 44.5. The van der Waals surface area contributed by atoms with Gasteiger partial charge in [0.25, 0.3) is 0 Å². The lowest BCUT2D eigenvalue weighted by Gasteiger charge is -2.22. The zero-order valence-corrected chi connectivity index (χ0v) is 11.2. The number of hydrogen-bond donors (Lipinski definition) is 2. The van der Waals surface area contributed by atoms with Crippen LogP contribution in [0, 0.1) is 0 Å². The summed E-state index contributed by atoms with van der Waals surface area (Å²) in [6, 6.07) is 7.59. The van der Waals surface area contributed by atoms with Gasteiger partial charge in [0.1, 0.15) is 0 Å². The molecule has 1 aromatic heterocycles. The van der Waals surface area contributed by atoms with Crippen molar-refractivity contribution in [2.45, 2.75) is 12.2 Å². The standard InChI is InChI=1S/C14H14F3N3O/c1-21-13-10(6-4-8-19-13)12(20-18)9-5-2-3-7-11(9)14(15,16)17/h2-8,12,20H,18H2,1H3. The number of pyridine rings is 1. The van der Waals surface area contributed by atoms with Gasteiger partial charge in [0.15, 0.2) is 0 Å². The van der Waals surface area contributed by atoms with Crippen molar-refractivity contribution in [1.29, 1.82) is 0 Å². The van der Waals surface area contributed by atoms with Gasteiger partial charge >= 0.3 is 6.18 Å². The average Bonchev–Trinajstić information content (AvgIpc) is 2.48. The summed E-state index contributed by atoms with van der Waals surface area (Å²) in [5, 5.41) is 0. The van der Waals surface area contributed by atoms with Crippen LogP contribution in [-0.2, 0) is 6.18 Å². The van der Waals surface area contributed by atoms with Crippen molar-refractivity contribution in [3.8, 4) is 5.88 Å². The summed E-state index contributed by atoms with van der Waals surface area (Å²) >= 11 is 0. The lowest BCUT2D eigenvalue weighted by molar-refractivity contribution is -0.138. The van der Waals surface area contributed by atoms with Crippen molar-refractivity contribution in [3.63, 3.8) is 0 Å². The van der Waals surface area contributed by atoms with Crippen LogP contribution >= 0.6 is 0 Å². The Hall–Kier alpha value is -2.12. The summed E-state index contributed by atoms with van der Waals surface area (Å²) in [6.45, 7) is 0. The largest absolute Gasteiger partial charge is 0.481 e. The third-order valence-corrected chi connectivity index (χ3v) is 3.05. The number of methoxy groups -OCH3 is 1. The Morgan fingerprint density at radius 2 is 1.81 bits per heavy atom. The minimum absolute atomic E-state index is 0.0128. The number of rotatable bonds is 4. The Bertz CT molecular complexity index is 616. The third kappa shape index (κ3) is 3.14. The highest BCUT2D eigenvalue weighted by atomic mass is 19.4. The number of hydrazine groups is 1. The van der Waals surface area contributed by atoms with Gasteiger partial charge in [0.05, 0.1) is 18.7 Å². The molecular weight excluding hydrogens is 283 g/mol. The number of ether oxygens (including phenoxy) is 1. The van der Waals surface area contributed by atoms with E-state index in [4.69, 9.17) is 10.6 Å². The number of benzene rings is 1. The lowest BCUT2D eigenvalue weighted by Crippen LogP contribution is -2.31. The predicted molar refractivity (Wildman–Crippen MR) is 71.4 cm³/mol. The van der Waals surface area contributed by atoms with Crippen molar-refractivity contribution >= 4 is 0 Å². The molecule has 2 aromatic rings. The van der Waals surface area contributed by atoms with Gasteiger partial charge in [0, 0.05) is 11.8 Å². The summed E-state index contributed by atoms with van der Waals surface area (Å²) in [7, 11) is 1.40. The fourth-order valence-electron chi connectivity index (χ4n) is 2.15. The van der Waals surface area contributed by atoms with Gasteiger partial charge in [-0.3, -0.25) is 5.84 Å². The number of alkyl halides is 3. The van der Waals surface area contributed by atoms with E-state index in [1.165, 1.54) is 31.5 Å². The summed E-state index contributed by atoms with van der Waals surface area (Å²) in [5.74, 6) is 5.69. The zero-order chi connectivity index (χ0) is 15.5. The Morgan fingerprint density at radius 1 is 1.14 bits per heavy atom. The lowest BCUT2D eigenvalue weighted by atomic mass is 9.95. The van der Waals surface area contributed by atoms with Crippen LogP contribution in [0.3, 0.4) is 0 Å². The second-order valence-corrected chi connectivity index (χ2v) is 4.29. The molecule has 0 spiro atoms. The second kappa shape index (κ2) is 6.11. The van der Waals surface area contributed by atoms with Gasteiger partial charge in [-0.25, -0.2) is 10.4 Å². The number of aromatic nitrogens is 1.